The summed E-state index contributed by atoms with van der Waals surface area (Å²) >= 11 is 3.44. The molecule has 0 spiro atoms. The summed E-state index contributed by atoms with van der Waals surface area (Å²) in [5, 5.41) is 23.2. The number of piperazine rings is 1. The number of carbonyl (C=O) groups is 1. The third kappa shape index (κ3) is 5.43. The Bertz CT molecular complexity index is 1580. The number of methoxy groups -OCH3 is 1. The van der Waals surface area contributed by atoms with Crippen LogP contribution in [0, 0.1) is 6.92 Å². The van der Waals surface area contributed by atoms with E-state index in [1.165, 1.54) is 4.90 Å². The maximum absolute atomic E-state index is 12.9. The van der Waals surface area contributed by atoms with Crippen LogP contribution in [0.2, 0.25) is 0 Å². The summed E-state index contributed by atoms with van der Waals surface area (Å²) in [6.45, 7) is 4.20. The number of benzene rings is 2. The molecule has 39 heavy (non-hydrogen) atoms. The maximum atomic E-state index is 12.9. The van der Waals surface area contributed by atoms with Gasteiger partial charge in [-0.15, -0.1) is 0 Å². The quantitative estimate of drug-likeness (QED) is 0.215. The number of ether oxygens (including phenoxy) is 1. The number of aromatic nitrogens is 3. The Kier molecular flexibility index (Phi) is 7.49. The average molecular weight is 597 g/mol. The van der Waals surface area contributed by atoms with Crippen molar-refractivity contribution in [2.24, 2.45) is 0 Å². The number of imidazole rings is 1. The van der Waals surface area contributed by atoms with Crippen LogP contribution in [0.5, 0.6) is 5.75 Å². The van der Waals surface area contributed by atoms with E-state index in [1.807, 2.05) is 19.1 Å². The molecule has 5 rings (SSSR count). The number of pyridine rings is 1. The number of aromatic amines is 2. The standard InChI is InChI=1S/C27H29BrN6O5/c1-15-11-17(33-7-9-34(10-8-33)27(37)38)13-20-24(15)32-25(31-20)23-19(5-6-29-26(23)36)30-14-21(35)16-3-4-22(39-2)18(28)12-16/h3-6,11-13,21,35H,7-10,14H2,1-2H3,(H,31,32)(H,37,38)(H2,29,30,36). The molecule has 0 bridgehead atoms. The minimum atomic E-state index is -0.902. The summed E-state index contributed by atoms with van der Waals surface area (Å²) in [4.78, 5) is 38.5. The number of anilines is 2. The lowest BCUT2D eigenvalue weighted by Gasteiger charge is -2.34. The van der Waals surface area contributed by atoms with Crippen molar-refractivity contribution in [2.75, 3.05) is 50.1 Å². The molecular formula is C27H29BrN6O5. The topological polar surface area (TPSA) is 147 Å². The number of amides is 1. The minimum Gasteiger partial charge on any atom is -0.496 e. The molecule has 1 atom stereocenters. The summed E-state index contributed by atoms with van der Waals surface area (Å²) in [5.41, 5.74) is 4.68. The first-order valence-corrected chi connectivity index (χ1v) is 13.2. The van der Waals surface area contributed by atoms with Gasteiger partial charge in [-0.05, 0) is 64.3 Å². The van der Waals surface area contributed by atoms with E-state index >= 15 is 0 Å². The van der Waals surface area contributed by atoms with Crippen molar-refractivity contribution in [3.63, 3.8) is 0 Å². The van der Waals surface area contributed by atoms with Crippen molar-refractivity contribution in [3.8, 4) is 17.1 Å². The lowest BCUT2D eigenvalue weighted by molar-refractivity contribution is 0.142. The molecule has 1 unspecified atom stereocenters. The number of hydrogen-bond donors (Lipinski definition) is 5. The molecule has 4 aromatic rings. The van der Waals surface area contributed by atoms with Gasteiger partial charge in [0.2, 0.25) is 0 Å². The highest BCUT2D eigenvalue weighted by Gasteiger charge is 2.22. The monoisotopic (exact) mass is 596 g/mol. The Balaban J connectivity index is 1.40. The second-order valence-electron chi connectivity index (χ2n) is 9.39. The predicted octanol–water partition coefficient (Wildman–Crippen LogP) is 3.94. The van der Waals surface area contributed by atoms with Gasteiger partial charge in [-0.25, -0.2) is 9.78 Å². The van der Waals surface area contributed by atoms with E-state index in [-0.39, 0.29) is 12.1 Å². The lowest BCUT2D eigenvalue weighted by Crippen LogP contribution is -2.48. The number of hydrogen-bond acceptors (Lipinski definition) is 7. The molecule has 0 saturated carbocycles. The fraction of sp³-hybridized carbons (Fsp3) is 0.296. The number of H-pyrrole nitrogens is 2. The van der Waals surface area contributed by atoms with E-state index in [0.717, 1.165) is 26.8 Å². The van der Waals surface area contributed by atoms with Crippen LogP contribution in [0.25, 0.3) is 22.4 Å². The van der Waals surface area contributed by atoms with E-state index < -0.39 is 12.2 Å². The second-order valence-corrected chi connectivity index (χ2v) is 10.2. The predicted molar refractivity (Wildman–Crippen MR) is 153 cm³/mol. The van der Waals surface area contributed by atoms with Gasteiger partial charge in [0.15, 0.2) is 0 Å². The van der Waals surface area contributed by atoms with Crippen molar-refractivity contribution in [3.05, 3.63) is 68.5 Å². The summed E-state index contributed by atoms with van der Waals surface area (Å²) in [6.07, 6.45) is -0.185. The third-order valence-corrected chi connectivity index (χ3v) is 7.54. The van der Waals surface area contributed by atoms with Crippen LogP contribution >= 0.6 is 15.9 Å². The molecule has 2 aromatic carbocycles. The fourth-order valence-electron chi connectivity index (χ4n) is 4.80. The van der Waals surface area contributed by atoms with Crippen molar-refractivity contribution in [1.82, 2.24) is 19.9 Å². The number of nitrogens with zero attached hydrogens (tertiary/aromatic N) is 3. The van der Waals surface area contributed by atoms with E-state index in [0.29, 0.717) is 54.6 Å². The highest BCUT2D eigenvalue weighted by atomic mass is 79.9. The van der Waals surface area contributed by atoms with Crippen LogP contribution in [0.3, 0.4) is 0 Å². The zero-order valence-electron chi connectivity index (χ0n) is 21.5. The van der Waals surface area contributed by atoms with E-state index in [2.05, 4.69) is 36.1 Å². The molecule has 1 aliphatic rings. The summed E-state index contributed by atoms with van der Waals surface area (Å²) in [5.74, 6) is 1.08. The zero-order chi connectivity index (χ0) is 27.7. The summed E-state index contributed by atoms with van der Waals surface area (Å²) < 4.78 is 5.99. The van der Waals surface area contributed by atoms with Crippen molar-refractivity contribution in [1.29, 1.82) is 0 Å². The molecule has 0 radical (unpaired) electrons. The molecule has 3 heterocycles. The fourth-order valence-corrected chi connectivity index (χ4v) is 5.36. The van der Waals surface area contributed by atoms with Crippen LogP contribution in [0.1, 0.15) is 17.2 Å². The van der Waals surface area contributed by atoms with Crippen molar-refractivity contribution in [2.45, 2.75) is 13.0 Å². The van der Waals surface area contributed by atoms with Crippen LogP contribution in [-0.4, -0.2) is 76.0 Å². The Morgan fingerprint density at radius 3 is 2.67 bits per heavy atom. The van der Waals surface area contributed by atoms with Gasteiger partial charge in [0.1, 0.15) is 17.1 Å². The second kappa shape index (κ2) is 11.0. The Morgan fingerprint density at radius 2 is 1.97 bits per heavy atom. The highest BCUT2D eigenvalue weighted by molar-refractivity contribution is 9.10. The van der Waals surface area contributed by atoms with Crippen molar-refractivity contribution < 1.29 is 19.7 Å². The van der Waals surface area contributed by atoms with Gasteiger partial charge in [-0.2, -0.15) is 0 Å². The first kappa shape index (κ1) is 26.6. The molecule has 204 valence electrons. The Hall–Kier alpha value is -4.03. The molecule has 12 heteroatoms. The smallest absolute Gasteiger partial charge is 0.407 e. The normalized spacial score (nSPS) is 14.5. The van der Waals surface area contributed by atoms with E-state index in [1.54, 1.807) is 37.6 Å². The molecule has 1 aliphatic heterocycles. The molecule has 5 N–H and O–H groups in total. The van der Waals surface area contributed by atoms with Crippen LogP contribution in [-0.2, 0) is 0 Å². The van der Waals surface area contributed by atoms with Crippen LogP contribution in [0.4, 0.5) is 16.2 Å². The minimum absolute atomic E-state index is 0.168. The summed E-state index contributed by atoms with van der Waals surface area (Å²) in [7, 11) is 1.58. The van der Waals surface area contributed by atoms with E-state index in [4.69, 9.17) is 9.72 Å². The van der Waals surface area contributed by atoms with Gasteiger partial charge < -0.3 is 40.0 Å². The SMILES string of the molecule is COc1ccc(C(O)CNc2cc[nH]c(=O)c2-c2nc3c(C)cc(N4CCN(C(=O)O)CC4)cc3[nH]2)cc1Br. The lowest BCUT2D eigenvalue weighted by atomic mass is 10.1. The molecule has 1 saturated heterocycles. The van der Waals surface area contributed by atoms with Gasteiger partial charge in [-0.1, -0.05) is 6.07 Å². The Labute approximate surface area is 232 Å². The number of rotatable bonds is 7. The number of nitrogens with one attached hydrogen (secondary N) is 3. The molecule has 11 nitrogen and oxygen atoms in total. The number of halogens is 1. The zero-order valence-corrected chi connectivity index (χ0v) is 23.1. The molecular weight excluding hydrogens is 568 g/mol. The molecule has 1 fully saturated rings. The van der Waals surface area contributed by atoms with Gasteiger partial charge in [0.25, 0.3) is 5.56 Å². The number of aliphatic hydroxyl groups excluding tert-OH is 1. The first-order valence-electron chi connectivity index (χ1n) is 12.5. The molecule has 1 amide bonds. The molecule has 0 aliphatic carbocycles. The molecule has 2 aromatic heterocycles. The number of aliphatic hydroxyl groups is 1. The van der Waals surface area contributed by atoms with Gasteiger partial charge in [0.05, 0.1) is 34.4 Å². The van der Waals surface area contributed by atoms with Crippen LogP contribution < -0.4 is 20.5 Å². The number of fused-ring (bicyclic) bond motifs is 1. The van der Waals surface area contributed by atoms with Gasteiger partial charge in [-0.3, -0.25) is 4.79 Å². The largest absolute Gasteiger partial charge is 0.496 e. The number of aryl methyl sites for hydroxylation is 1. The van der Waals surface area contributed by atoms with Gasteiger partial charge >= 0.3 is 6.09 Å². The average Bonchev–Trinajstić information content (AvgIpc) is 3.36. The van der Waals surface area contributed by atoms with Crippen LogP contribution in [0.15, 0.2) is 51.9 Å². The van der Waals surface area contributed by atoms with Gasteiger partial charge in [0, 0.05) is 44.6 Å². The number of carboxylic acid groups (broad SMARTS) is 1. The van der Waals surface area contributed by atoms with E-state index in [9.17, 15) is 19.8 Å². The maximum Gasteiger partial charge on any atom is 0.407 e. The summed E-state index contributed by atoms with van der Waals surface area (Å²) in [6, 6.07) is 11.1. The highest BCUT2D eigenvalue weighted by Crippen LogP contribution is 2.31. The Morgan fingerprint density at radius 1 is 1.21 bits per heavy atom. The third-order valence-electron chi connectivity index (χ3n) is 6.92. The van der Waals surface area contributed by atoms with Crippen molar-refractivity contribution >= 4 is 44.4 Å². The first-order chi connectivity index (χ1) is 18.7.